The van der Waals surface area contributed by atoms with Crippen molar-refractivity contribution in [2.75, 3.05) is 32.8 Å². The molecule has 0 radical (unpaired) electrons. The summed E-state index contributed by atoms with van der Waals surface area (Å²) in [5.74, 6) is 1.34. The van der Waals surface area contributed by atoms with Gasteiger partial charge < -0.3 is 9.64 Å². The number of aromatic amines is 1. The van der Waals surface area contributed by atoms with E-state index in [0.717, 1.165) is 19.1 Å². The Bertz CT molecular complexity index is 667. The minimum Gasteiger partial charge on any atom is -0.381 e. The molecule has 2 aliphatic rings. The van der Waals surface area contributed by atoms with Gasteiger partial charge in [-0.15, -0.1) is 0 Å². The molecule has 0 bridgehead atoms. The number of aromatic nitrogens is 2. The number of nitrogens with one attached hydrogen (secondary N) is 1. The van der Waals surface area contributed by atoms with E-state index >= 15 is 0 Å². The van der Waals surface area contributed by atoms with Gasteiger partial charge in [-0.2, -0.15) is 5.10 Å². The summed E-state index contributed by atoms with van der Waals surface area (Å²) in [6, 6.07) is 8.72. The van der Waals surface area contributed by atoms with Gasteiger partial charge in [0.05, 0.1) is 12.8 Å². The average Bonchev–Trinajstić information content (AvgIpc) is 3.27. The normalized spacial score (nSPS) is 23.0. The molecule has 2 aliphatic heterocycles. The number of hydrogen-bond acceptors (Lipinski definition) is 3. The van der Waals surface area contributed by atoms with Gasteiger partial charge in [0.25, 0.3) is 0 Å². The molecular formula is C20H27N3O. The second-order valence-corrected chi connectivity index (χ2v) is 7.37. The number of benzene rings is 1. The summed E-state index contributed by atoms with van der Waals surface area (Å²) in [7, 11) is 0. The van der Waals surface area contributed by atoms with Gasteiger partial charge in [0.2, 0.25) is 0 Å². The number of piperidine rings is 1. The van der Waals surface area contributed by atoms with Gasteiger partial charge in [-0.25, -0.2) is 0 Å². The largest absolute Gasteiger partial charge is 0.381 e. The van der Waals surface area contributed by atoms with E-state index in [2.05, 4.69) is 46.3 Å². The monoisotopic (exact) mass is 325 g/mol. The fraction of sp³-hybridized carbons (Fsp3) is 0.550. The van der Waals surface area contributed by atoms with E-state index in [1.54, 1.807) is 0 Å². The van der Waals surface area contributed by atoms with E-state index in [4.69, 9.17) is 4.74 Å². The zero-order chi connectivity index (χ0) is 16.4. The van der Waals surface area contributed by atoms with Crippen LogP contribution >= 0.6 is 0 Å². The molecule has 1 aromatic carbocycles. The van der Waals surface area contributed by atoms with E-state index < -0.39 is 0 Å². The molecule has 0 unspecified atom stereocenters. The highest BCUT2D eigenvalue weighted by atomic mass is 16.5. The van der Waals surface area contributed by atoms with Gasteiger partial charge in [-0.05, 0) is 50.8 Å². The maximum atomic E-state index is 5.51. The Balaban J connectivity index is 1.42. The Kier molecular flexibility index (Phi) is 4.67. The number of rotatable bonds is 4. The Hall–Kier alpha value is -1.65. The molecule has 1 N–H and O–H groups in total. The first-order chi connectivity index (χ1) is 11.8. The van der Waals surface area contributed by atoms with Crippen LogP contribution in [-0.2, 0) is 4.74 Å². The van der Waals surface area contributed by atoms with Crippen LogP contribution in [0.25, 0.3) is 11.1 Å². The molecule has 0 spiro atoms. The van der Waals surface area contributed by atoms with Crippen molar-refractivity contribution in [1.82, 2.24) is 15.1 Å². The van der Waals surface area contributed by atoms with Crippen LogP contribution < -0.4 is 0 Å². The van der Waals surface area contributed by atoms with Crippen LogP contribution in [0.4, 0.5) is 0 Å². The lowest BCUT2D eigenvalue weighted by molar-refractivity contribution is 0.151. The highest BCUT2D eigenvalue weighted by Crippen LogP contribution is 2.34. The lowest BCUT2D eigenvalue weighted by Crippen LogP contribution is -2.36. The summed E-state index contributed by atoms with van der Waals surface area (Å²) in [5.41, 5.74) is 5.18. The third-order valence-corrected chi connectivity index (χ3v) is 5.53. The Morgan fingerprint density at radius 3 is 2.88 bits per heavy atom. The summed E-state index contributed by atoms with van der Waals surface area (Å²) < 4.78 is 5.51. The number of H-pyrrole nitrogens is 1. The van der Waals surface area contributed by atoms with Crippen LogP contribution in [0.1, 0.15) is 36.4 Å². The van der Waals surface area contributed by atoms with Gasteiger partial charge in [0.1, 0.15) is 0 Å². The van der Waals surface area contributed by atoms with Crippen LogP contribution in [0.3, 0.4) is 0 Å². The molecule has 0 amide bonds. The Morgan fingerprint density at radius 1 is 1.25 bits per heavy atom. The van der Waals surface area contributed by atoms with E-state index in [-0.39, 0.29) is 0 Å². The Labute approximate surface area is 144 Å². The predicted molar refractivity (Wildman–Crippen MR) is 96.1 cm³/mol. The SMILES string of the molecule is Cc1cccc(-c2cn[nH]c2C2CCN(C[C@H]3CCOC3)CC2)c1. The van der Waals surface area contributed by atoms with Crippen molar-refractivity contribution in [2.24, 2.45) is 5.92 Å². The minimum atomic E-state index is 0.596. The van der Waals surface area contributed by atoms with Crippen molar-refractivity contribution in [1.29, 1.82) is 0 Å². The first-order valence-electron chi connectivity index (χ1n) is 9.20. The molecule has 2 aromatic rings. The fourth-order valence-corrected chi connectivity index (χ4v) is 4.15. The van der Waals surface area contributed by atoms with Crippen LogP contribution in [0, 0.1) is 12.8 Å². The summed E-state index contributed by atoms with van der Waals surface area (Å²) >= 11 is 0. The average molecular weight is 325 g/mol. The van der Waals surface area contributed by atoms with E-state index in [1.165, 1.54) is 61.3 Å². The lowest BCUT2D eigenvalue weighted by Gasteiger charge is -2.33. The highest BCUT2D eigenvalue weighted by molar-refractivity contribution is 5.66. The third kappa shape index (κ3) is 3.40. The molecular weight excluding hydrogens is 298 g/mol. The number of likely N-dealkylation sites (tertiary alicyclic amines) is 1. The van der Waals surface area contributed by atoms with Crippen LogP contribution in [0.2, 0.25) is 0 Å². The van der Waals surface area contributed by atoms with Crippen LogP contribution in [0.5, 0.6) is 0 Å². The maximum Gasteiger partial charge on any atom is 0.0568 e. The summed E-state index contributed by atoms with van der Waals surface area (Å²) in [4.78, 5) is 2.62. The quantitative estimate of drug-likeness (QED) is 0.934. The number of aryl methyl sites for hydroxylation is 1. The molecule has 0 aliphatic carbocycles. The zero-order valence-electron chi connectivity index (χ0n) is 14.5. The van der Waals surface area contributed by atoms with Crippen molar-refractivity contribution in [3.05, 3.63) is 41.7 Å². The van der Waals surface area contributed by atoms with Crippen molar-refractivity contribution >= 4 is 0 Å². The zero-order valence-corrected chi connectivity index (χ0v) is 14.5. The van der Waals surface area contributed by atoms with Crippen molar-refractivity contribution in [3.63, 3.8) is 0 Å². The summed E-state index contributed by atoms with van der Waals surface area (Å²) in [5, 5.41) is 7.64. The molecule has 0 saturated carbocycles. The van der Waals surface area contributed by atoms with Crippen molar-refractivity contribution < 1.29 is 4.74 Å². The van der Waals surface area contributed by atoms with E-state index in [1.807, 2.05) is 6.20 Å². The molecule has 4 rings (SSSR count). The summed E-state index contributed by atoms with van der Waals surface area (Å²) in [6.07, 6.45) is 5.66. The molecule has 4 nitrogen and oxygen atoms in total. The maximum absolute atomic E-state index is 5.51. The molecule has 1 aromatic heterocycles. The van der Waals surface area contributed by atoms with E-state index in [0.29, 0.717) is 5.92 Å². The molecule has 1 atom stereocenters. The highest BCUT2D eigenvalue weighted by Gasteiger charge is 2.26. The second kappa shape index (κ2) is 7.08. The van der Waals surface area contributed by atoms with Gasteiger partial charge in [0.15, 0.2) is 0 Å². The van der Waals surface area contributed by atoms with Gasteiger partial charge in [0, 0.05) is 30.3 Å². The van der Waals surface area contributed by atoms with Crippen LogP contribution in [-0.4, -0.2) is 47.9 Å². The van der Waals surface area contributed by atoms with E-state index in [9.17, 15) is 0 Å². The van der Waals surface area contributed by atoms with Crippen LogP contribution in [0.15, 0.2) is 30.5 Å². The summed E-state index contributed by atoms with van der Waals surface area (Å²) in [6.45, 7) is 7.64. The number of nitrogens with zero attached hydrogens (tertiary/aromatic N) is 2. The topological polar surface area (TPSA) is 41.2 Å². The molecule has 2 saturated heterocycles. The predicted octanol–water partition coefficient (Wildman–Crippen LogP) is 3.60. The van der Waals surface area contributed by atoms with Gasteiger partial charge in [-0.1, -0.05) is 29.8 Å². The number of ether oxygens (including phenoxy) is 1. The Morgan fingerprint density at radius 2 is 2.12 bits per heavy atom. The molecule has 4 heteroatoms. The first kappa shape index (κ1) is 15.9. The standard InChI is InChI=1S/C20H27N3O/c1-15-3-2-4-18(11-15)19-12-21-22-20(19)17-5-8-23(9-6-17)13-16-7-10-24-14-16/h2-4,11-12,16-17H,5-10,13-14H2,1H3,(H,21,22)/t16-/m1/s1. The lowest BCUT2D eigenvalue weighted by atomic mass is 9.89. The molecule has 128 valence electrons. The van der Waals surface area contributed by atoms with Crippen molar-refractivity contribution in [2.45, 2.75) is 32.1 Å². The molecule has 3 heterocycles. The number of hydrogen-bond donors (Lipinski definition) is 1. The fourth-order valence-electron chi connectivity index (χ4n) is 4.15. The van der Waals surface area contributed by atoms with Crippen molar-refractivity contribution in [3.8, 4) is 11.1 Å². The van der Waals surface area contributed by atoms with Gasteiger partial charge in [-0.3, -0.25) is 5.10 Å². The smallest absolute Gasteiger partial charge is 0.0568 e. The third-order valence-electron chi connectivity index (χ3n) is 5.53. The second-order valence-electron chi connectivity index (χ2n) is 7.37. The first-order valence-corrected chi connectivity index (χ1v) is 9.20. The van der Waals surface area contributed by atoms with Gasteiger partial charge >= 0.3 is 0 Å². The minimum absolute atomic E-state index is 0.596. The molecule has 24 heavy (non-hydrogen) atoms. The molecule has 2 fully saturated rings.